The van der Waals surface area contributed by atoms with Gasteiger partial charge in [-0.05, 0) is 12.5 Å². The molecule has 0 aliphatic rings. The van der Waals surface area contributed by atoms with Gasteiger partial charge in [-0.3, -0.25) is 9.59 Å². The fraction of sp³-hybridized carbons (Fsp3) is 0.267. The lowest BCUT2D eigenvalue weighted by Gasteiger charge is -2.11. The second-order valence-electron chi connectivity index (χ2n) is 4.18. The Kier molecular flexibility index (Phi) is 6.67. The molecular formula is C15H19N3O3. The van der Waals surface area contributed by atoms with Gasteiger partial charge in [0.25, 0.3) is 0 Å². The van der Waals surface area contributed by atoms with Gasteiger partial charge >= 0.3 is 5.97 Å². The highest BCUT2D eigenvalue weighted by Crippen LogP contribution is 2.01. The summed E-state index contributed by atoms with van der Waals surface area (Å²) >= 11 is 0. The van der Waals surface area contributed by atoms with E-state index in [-0.39, 0.29) is 24.0 Å². The molecule has 1 aromatic rings. The molecule has 1 amide bonds. The third-order valence-electron chi connectivity index (χ3n) is 2.41. The van der Waals surface area contributed by atoms with Crippen LogP contribution in [0.1, 0.15) is 19.4 Å². The molecule has 6 heteroatoms. The van der Waals surface area contributed by atoms with Crippen LogP contribution in [0, 0.1) is 5.41 Å². The van der Waals surface area contributed by atoms with Crippen LogP contribution < -0.4 is 10.6 Å². The first-order valence-electron chi connectivity index (χ1n) is 6.55. The number of esters is 1. The highest BCUT2D eigenvalue weighted by atomic mass is 16.5. The minimum Gasteiger partial charge on any atom is -0.465 e. The van der Waals surface area contributed by atoms with Crippen LogP contribution in [0.25, 0.3) is 0 Å². The molecule has 6 nitrogen and oxygen atoms in total. The van der Waals surface area contributed by atoms with Crippen molar-refractivity contribution >= 4 is 17.6 Å². The Hall–Kier alpha value is -2.63. The zero-order valence-electron chi connectivity index (χ0n) is 12.1. The van der Waals surface area contributed by atoms with Crippen LogP contribution in [-0.4, -0.2) is 30.7 Å². The number of hydrogen-bond donors (Lipinski definition) is 3. The van der Waals surface area contributed by atoms with Crippen LogP contribution in [0.5, 0.6) is 0 Å². The maximum atomic E-state index is 11.3. The van der Waals surface area contributed by atoms with Crippen molar-refractivity contribution in [3.63, 3.8) is 0 Å². The van der Waals surface area contributed by atoms with Crippen molar-refractivity contribution in [3.05, 3.63) is 47.8 Å². The Morgan fingerprint density at radius 1 is 1.29 bits per heavy atom. The number of carbonyl (C=O) groups is 2. The van der Waals surface area contributed by atoms with Crippen molar-refractivity contribution < 1.29 is 14.3 Å². The molecule has 0 atom stereocenters. The number of carbonyl (C=O) groups excluding carboxylic acids is 2. The molecule has 112 valence electrons. The standard InChI is InChI=1S/C15H19N3O3/c1-3-21-15(20)10-17-14(18-11(2)19)9-13(16)12-7-5-4-6-8-12/h4-9,16-17H,3,10H2,1-2H3,(H,18,19)/b14-9+,16-13?. The van der Waals surface area contributed by atoms with Gasteiger partial charge in [0.05, 0.1) is 12.3 Å². The average molecular weight is 289 g/mol. The summed E-state index contributed by atoms with van der Waals surface area (Å²) in [4.78, 5) is 22.5. The molecule has 3 N–H and O–H groups in total. The molecule has 0 fully saturated rings. The van der Waals surface area contributed by atoms with E-state index >= 15 is 0 Å². The number of nitrogens with one attached hydrogen (secondary N) is 3. The molecule has 0 bridgehead atoms. The van der Waals surface area contributed by atoms with Gasteiger partial charge < -0.3 is 20.8 Å². The van der Waals surface area contributed by atoms with E-state index in [9.17, 15) is 9.59 Å². The molecule has 0 radical (unpaired) electrons. The van der Waals surface area contributed by atoms with E-state index in [0.717, 1.165) is 0 Å². The summed E-state index contributed by atoms with van der Waals surface area (Å²) < 4.78 is 4.79. The molecular weight excluding hydrogens is 270 g/mol. The molecule has 1 rings (SSSR count). The van der Waals surface area contributed by atoms with E-state index in [1.54, 1.807) is 19.1 Å². The fourth-order valence-electron chi connectivity index (χ4n) is 1.55. The summed E-state index contributed by atoms with van der Waals surface area (Å²) in [6, 6.07) is 9.07. The lowest BCUT2D eigenvalue weighted by atomic mass is 10.1. The van der Waals surface area contributed by atoms with Crippen LogP contribution in [-0.2, 0) is 14.3 Å². The largest absolute Gasteiger partial charge is 0.465 e. The van der Waals surface area contributed by atoms with E-state index < -0.39 is 5.97 Å². The molecule has 1 aromatic carbocycles. The van der Waals surface area contributed by atoms with E-state index in [1.165, 1.54) is 13.0 Å². The first-order valence-corrected chi connectivity index (χ1v) is 6.55. The molecule has 0 saturated carbocycles. The Bertz CT molecular complexity index is 538. The predicted molar refractivity (Wildman–Crippen MR) is 79.8 cm³/mol. The highest BCUT2D eigenvalue weighted by molar-refractivity contribution is 6.07. The summed E-state index contributed by atoms with van der Waals surface area (Å²) in [5, 5.41) is 13.3. The Balaban J connectivity index is 2.76. The Morgan fingerprint density at radius 3 is 2.52 bits per heavy atom. The number of benzene rings is 1. The second kappa shape index (κ2) is 8.52. The third-order valence-corrected chi connectivity index (χ3v) is 2.41. The van der Waals surface area contributed by atoms with Gasteiger partial charge in [0.1, 0.15) is 12.4 Å². The van der Waals surface area contributed by atoms with E-state index in [0.29, 0.717) is 12.2 Å². The van der Waals surface area contributed by atoms with Gasteiger partial charge in [-0.2, -0.15) is 0 Å². The lowest BCUT2D eigenvalue weighted by molar-refractivity contribution is -0.142. The number of amides is 1. The van der Waals surface area contributed by atoms with Crippen molar-refractivity contribution in [1.82, 2.24) is 10.6 Å². The highest BCUT2D eigenvalue weighted by Gasteiger charge is 2.06. The van der Waals surface area contributed by atoms with Crippen LogP contribution >= 0.6 is 0 Å². The molecule has 0 aliphatic carbocycles. The van der Waals surface area contributed by atoms with E-state index in [2.05, 4.69) is 10.6 Å². The Labute approximate surface area is 123 Å². The number of ether oxygens (including phenoxy) is 1. The van der Waals surface area contributed by atoms with Crippen molar-refractivity contribution in [3.8, 4) is 0 Å². The zero-order chi connectivity index (χ0) is 15.7. The summed E-state index contributed by atoms with van der Waals surface area (Å²) in [6.07, 6.45) is 1.45. The molecule has 0 saturated heterocycles. The maximum Gasteiger partial charge on any atom is 0.325 e. The van der Waals surface area contributed by atoms with Crippen LogP contribution in [0.2, 0.25) is 0 Å². The monoisotopic (exact) mass is 289 g/mol. The van der Waals surface area contributed by atoms with Gasteiger partial charge in [-0.25, -0.2) is 0 Å². The minimum atomic E-state index is -0.431. The van der Waals surface area contributed by atoms with Gasteiger partial charge in [-0.15, -0.1) is 0 Å². The topological polar surface area (TPSA) is 91.3 Å². The average Bonchev–Trinajstić information content (AvgIpc) is 2.45. The summed E-state index contributed by atoms with van der Waals surface area (Å²) in [7, 11) is 0. The van der Waals surface area contributed by atoms with Crippen LogP contribution in [0.3, 0.4) is 0 Å². The fourth-order valence-corrected chi connectivity index (χ4v) is 1.55. The minimum absolute atomic E-state index is 0.0813. The van der Waals surface area contributed by atoms with Gasteiger partial charge in [-0.1, -0.05) is 30.3 Å². The Morgan fingerprint density at radius 2 is 1.95 bits per heavy atom. The van der Waals surface area contributed by atoms with Crippen molar-refractivity contribution in [2.24, 2.45) is 0 Å². The van der Waals surface area contributed by atoms with Crippen molar-refractivity contribution in [2.45, 2.75) is 13.8 Å². The number of rotatable bonds is 7. The van der Waals surface area contributed by atoms with Gasteiger partial charge in [0.2, 0.25) is 5.91 Å². The molecule has 0 unspecified atom stereocenters. The smallest absolute Gasteiger partial charge is 0.325 e. The SMILES string of the molecule is CCOC(=O)CN/C(=C\C(=N)c1ccccc1)NC(C)=O. The maximum absolute atomic E-state index is 11.3. The second-order valence-corrected chi connectivity index (χ2v) is 4.18. The molecule has 0 spiro atoms. The van der Waals surface area contributed by atoms with E-state index in [4.69, 9.17) is 10.1 Å². The quantitative estimate of drug-likeness (QED) is 0.519. The van der Waals surface area contributed by atoms with Crippen LogP contribution in [0.4, 0.5) is 0 Å². The predicted octanol–water partition coefficient (Wildman–Crippen LogP) is 1.18. The van der Waals surface area contributed by atoms with Crippen molar-refractivity contribution in [2.75, 3.05) is 13.2 Å². The summed E-state index contributed by atoms with van der Waals surface area (Å²) in [5.74, 6) is -0.442. The summed E-state index contributed by atoms with van der Waals surface area (Å²) in [5.41, 5.74) is 0.925. The van der Waals surface area contributed by atoms with Gasteiger partial charge in [0, 0.05) is 13.0 Å². The molecule has 0 heterocycles. The summed E-state index contributed by atoms with van der Waals surface area (Å²) in [6.45, 7) is 3.28. The first-order chi connectivity index (χ1) is 10.0. The van der Waals surface area contributed by atoms with Crippen LogP contribution in [0.15, 0.2) is 42.2 Å². The number of hydrogen-bond acceptors (Lipinski definition) is 5. The third kappa shape index (κ3) is 6.38. The normalized spacial score (nSPS) is 10.7. The molecule has 21 heavy (non-hydrogen) atoms. The van der Waals surface area contributed by atoms with E-state index in [1.807, 2.05) is 18.2 Å². The lowest BCUT2D eigenvalue weighted by Crippen LogP contribution is -2.34. The molecule has 0 aliphatic heterocycles. The zero-order valence-corrected chi connectivity index (χ0v) is 12.1. The molecule has 0 aromatic heterocycles. The van der Waals surface area contributed by atoms with Gasteiger partial charge in [0.15, 0.2) is 0 Å². The first kappa shape index (κ1) is 16.4. The van der Waals surface area contributed by atoms with Crippen molar-refractivity contribution in [1.29, 1.82) is 5.41 Å². The number of allylic oxidation sites excluding steroid dienone is 1.